The molecule has 0 unspecified atom stereocenters. The van der Waals surface area contributed by atoms with E-state index in [0.717, 1.165) is 67.2 Å². The quantitative estimate of drug-likeness (QED) is 0.480. The molecule has 2 bridgehead atoms. The molecular weight excluding hydrogens is 540 g/mol. The van der Waals surface area contributed by atoms with Crippen LogP contribution in [0.25, 0.3) is 0 Å². The molecule has 41 heavy (non-hydrogen) atoms. The number of aliphatic hydroxyl groups excluding tert-OH is 1. The molecule has 5 rings (SSSR count). The summed E-state index contributed by atoms with van der Waals surface area (Å²) < 4.78 is 12.4. The number of benzene rings is 2. The van der Waals surface area contributed by atoms with E-state index >= 15 is 0 Å². The number of aliphatic hydroxyl groups is 2. The van der Waals surface area contributed by atoms with Gasteiger partial charge in [-0.25, -0.2) is 0 Å². The number of rotatable bonds is 2. The summed E-state index contributed by atoms with van der Waals surface area (Å²) in [5.41, 5.74) is 2.02. The fourth-order valence-electron chi connectivity index (χ4n) is 6.42. The first-order valence-electron chi connectivity index (χ1n) is 14.9. The minimum Gasteiger partial charge on any atom is -0.487 e. The Morgan fingerprint density at radius 3 is 2.73 bits per heavy atom. The molecule has 222 valence electrons. The molecule has 4 atom stereocenters. The van der Waals surface area contributed by atoms with E-state index in [1.165, 1.54) is 5.56 Å². The Labute approximate surface area is 248 Å². The van der Waals surface area contributed by atoms with Gasteiger partial charge in [0.25, 0.3) is 0 Å². The first-order chi connectivity index (χ1) is 19.8. The highest BCUT2D eigenvalue weighted by atomic mass is 35.5. The maximum absolute atomic E-state index is 13.1. The van der Waals surface area contributed by atoms with E-state index in [1.807, 2.05) is 30.3 Å². The van der Waals surface area contributed by atoms with Gasteiger partial charge in [-0.3, -0.25) is 4.79 Å². The zero-order chi connectivity index (χ0) is 29.0. The van der Waals surface area contributed by atoms with Crippen LogP contribution in [-0.4, -0.2) is 67.5 Å². The number of hydrogen-bond donors (Lipinski definition) is 2. The van der Waals surface area contributed by atoms with Gasteiger partial charge in [0.15, 0.2) is 0 Å². The van der Waals surface area contributed by atoms with Gasteiger partial charge in [-0.05, 0) is 91.3 Å². The molecule has 2 N–H and O–H groups in total. The van der Waals surface area contributed by atoms with Crippen molar-refractivity contribution in [3.05, 3.63) is 70.3 Å². The molecule has 1 aliphatic carbocycles. The lowest BCUT2D eigenvalue weighted by Crippen LogP contribution is -2.44. The largest absolute Gasteiger partial charge is 0.487 e. The number of hydrogen-bond acceptors (Lipinski definition) is 6. The first-order valence-corrected chi connectivity index (χ1v) is 15.3. The van der Waals surface area contributed by atoms with Crippen LogP contribution in [0.15, 0.2) is 48.6 Å². The van der Waals surface area contributed by atoms with Gasteiger partial charge in [-0.2, -0.15) is 0 Å². The molecule has 0 spiro atoms. The molecule has 0 saturated heterocycles. The highest BCUT2D eigenvalue weighted by molar-refractivity contribution is 6.30. The summed E-state index contributed by atoms with van der Waals surface area (Å²) in [7, 11) is 3.52. The third kappa shape index (κ3) is 6.75. The maximum atomic E-state index is 13.1. The van der Waals surface area contributed by atoms with Gasteiger partial charge in [-0.1, -0.05) is 35.9 Å². The predicted molar refractivity (Wildman–Crippen MR) is 161 cm³/mol. The summed E-state index contributed by atoms with van der Waals surface area (Å²) in [6.45, 7) is 2.05. The van der Waals surface area contributed by atoms with Crippen molar-refractivity contribution in [3.63, 3.8) is 0 Å². The van der Waals surface area contributed by atoms with Crippen molar-refractivity contribution in [3.8, 4) is 5.75 Å². The van der Waals surface area contributed by atoms with Gasteiger partial charge < -0.3 is 29.5 Å². The normalized spacial score (nSPS) is 28.4. The van der Waals surface area contributed by atoms with Crippen molar-refractivity contribution in [2.24, 2.45) is 11.8 Å². The lowest BCUT2D eigenvalue weighted by Gasteiger charge is -2.43. The highest BCUT2D eigenvalue weighted by Crippen LogP contribution is 2.42. The smallest absolute Gasteiger partial charge is 0.225 e. The topological polar surface area (TPSA) is 82.5 Å². The molecule has 2 aromatic carbocycles. The Balaban J connectivity index is 1.56. The van der Waals surface area contributed by atoms with Crippen LogP contribution >= 0.6 is 11.6 Å². The summed E-state index contributed by atoms with van der Waals surface area (Å²) in [5, 5.41) is 22.7. The van der Waals surface area contributed by atoms with Crippen LogP contribution in [0.1, 0.15) is 55.2 Å². The number of aryl methyl sites for hydroxylation is 1. The van der Waals surface area contributed by atoms with Crippen LogP contribution < -0.4 is 9.64 Å². The van der Waals surface area contributed by atoms with Crippen LogP contribution in [0, 0.1) is 11.8 Å². The van der Waals surface area contributed by atoms with Gasteiger partial charge >= 0.3 is 0 Å². The van der Waals surface area contributed by atoms with Gasteiger partial charge in [0.1, 0.15) is 18.0 Å². The van der Waals surface area contributed by atoms with Crippen LogP contribution in [0.4, 0.5) is 5.69 Å². The molecule has 2 aromatic rings. The number of methoxy groups -OCH3 is 1. The fourth-order valence-corrected chi connectivity index (χ4v) is 6.61. The highest BCUT2D eigenvalue weighted by Gasteiger charge is 2.38. The van der Waals surface area contributed by atoms with Crippen molar-refractivity contribution in [1.29, 1.82) is 0 Å². The fraction of sp³-hybridized carbons (Fsp3) is 0.545. The average Bonchev–Trinajstić information content (AvgIpc) is 2.99. The molecule has 3 aliphatic rings. The van der Waals surface area contributed by atoms with E-state index in [0.29, 0.717) is 37.0 Å². The van der Waals surface area contributed by atoms with Crippen molar-refractivity contribution < 1.29 is 24.5 Å². The van der Waals surface area contributed by atoms with Gasteiger partial charge in [-0.15, -0.1) is 0 Å². The van der Waals surface area contributed by atoms with Crippen LogP contribution in [0.2, 0.25) is 5.02 Å². The number of halogens is 1. The molecule has 1 amide bonds. The number of ether oxygens (including phenoxy) is 2. The average molecular weight is 583 g/mol. The minimum absolute atomic E-state index is 0.0346. The molecule has 1 fully saturated rings. The number of fused-ring (bicyclic) bond motifs is 3. The summed E-state index contributed by atoms with van der Waals surface area (Å²) in [4.78, 5) is 17.1. The zero-order valence-corrected chi connectivity index (χ0v) is 25.0. The summed E-state index contributed by atoms with van der Waals surface area (Å²) in [6, 6.07) is 11.6. The number of amides is 1. The van der Waals surface area contributed by atoms with E-state index in [1.54, 1.807) is 25.1 Å². The van der Waals surface area contributed by atoms with Gasteiger partial charge in [0, 0.05) is 38.8 Å². The zero-order valence-electron chi connectivity index (χ0n) is 24.2. The van der Waals surface area contributed by atoms with E-state index in [9.17, 15) is 15.0 Å². The molecule has 1 saturated carbocycles. The Bertz CT molecular complexity index is 1250. The summed E-state index contributed by atoms with van der Waals surface area (Å²) in [6.07, 6.45) is 9.94. The molecule has 7 nitrogen and oxygen atoms in total. The Morgan fingerprint density at radius 1 is 1.12 bits per heavy atom. The van der Waals surface area contributed by atoms with Gasteiger partial charge in [0.05, 0.1) is 24.8 Å². The van der Waals surface area contributed by atoms with E-state index in [-0.39, 0.29) is 18.4 Å². The van der Waals surface area contributed by atoms with Crippen molar-refractivity contribution in [2.45, 2.75) is 63.3 Å². The lowest BCUT2D eigenvalue weighted by molar-refractivity contribution is -0.137. The first kappa shape index (κ1) is 29.9. The second kappa shape index (κ2) is 13.2. The number of carbonyl (C=O) groups excluding carboxylic acids is 1. The number of nitrogens with zero attached hydrogens (tertiary/aromatic N) is 2. The van der Waals surface area contributed by atoms with Crippen molar-refractivity contribution >= 4 is 23.2 Å². The standard InChI is InChI=1S/C33H43ClN2O5/c1-35-15-5-4-8-30(40-2)28-13-10-24(28)20-36-16-6-3-7-23-17-27(34)12-9-25(23)21-41-31-14-11-26(18-29(31)36)33(39,22-37)19-32(35)38/h4,8-9,11-12,14,17-18,24,28,30,37,39H,3,5-7,10,13,15-16,19-22H2,1-2H3/b8-4+/t24-,28+,30-,33-/m0/s1. The third-order valence-corrected chi connectivity index (χ3v) is 9.46. The predicted octanol–water partition coefficient (Wildman–Crippen LogP) is 5.09. The van der Waals surface area contributed by atoms with Crippen LogP contribution in [0.5, 0.6) is 5.75 Å². The molecule has 2 heterocycles. The Morgan fingerprint density at radius 2 is 1.98 bits per heavy atom. The Kier molecular flexibility index (Phi) is 9.59. The van der Waals surface area contributed by atoms with Crippen molar-refractivity contribution in [2.75, 3.05) is 45.3 Å². The molecule has 0 radical (unpaired) electrons. The summed E-state index contributed by atoms with van der Waals surface area (Å²) >= 11 is 6.33. The monoisotopic (exact) mass is 582 g/mol. The molecule has 2 aliphatic heterocycles. The second-order valence-electron chi connectivity index (χ2n) is 11.9. The molecule has 0 aromatic heterocycles. The minimum atomic E-state index is -1.70. The molecule has 8 heteroatoms. The summed E-state index contributed by atoms with van der Waals surface area (Å²) in [5.74, 6) is 1.37. The van der Waals surface area contributed by atoms with Crippen LogP contribution in [-0.2, 0) is 28.2 Å². The molecular formula is C33H43ClN2O5. The lowest BCUT2D eigenvalue weighted by atomic mass is 9.70. The maximum Gasteiger partial charge on any atom is 0.225 e. The second-order valence-corrected chi connectivity index (χ2v) is 12.3. The van der Waals surface area contributed by atoms with Crippen LogP contribution in [0.3, 0.4) is 0 Å². The van der Waals surface area contributed by atoms with E-state index in [2.05, 4.69) is 17.1 Å². The number of carbonyl (C=O) groups is 1. The van der Waals surface area contributed by atoms with E-state index < -0.39 is 12.2 Å². The third-order valence-electron chi connectivity index (χ3n) is 9.23. The number of anilines is 1. The van der Waals surface area contributed by atoms with Gasteiger partial charge in [0.2, 0.25) is 5.91 Å². The van der Waals surface area contributed by atoms with E-state index in [4.69, 9.17) is 21.1 Å². The SMILES string of the molecule is CO[C@H]1/C=C/CCN(C)C(=O)C[C@](O)(CO)c2ccc3c(c2)N(CCCCc2cc(Cl)ccc2CO3)C[C@@H]2CC[C@H]21. The van der Waals surface area contributed by atoms with Crippen molar-refractivity contribution in [1.82, 2.24) is 4.90 Å². The Hall–Kier alpha value is -2.58.